The second kappa shape index (κ2) is 3.10. The van der Waals surface area contributed by atoms with E-state index in [1.807, 2.05) is 0 Å². The van der Waals surface area contributed by atoms with Gasteiger partial charge in [0.05, 0.1) is 12.4 Å². The highest BCUT2D eigenvalue weighted by molar-refractivity contribution is 5.92. The third-order valence-corrected chi connectivity index (χ3v) is 1.05. The highest BCUT2D eigenvalue weighted by atomic mass is 16.5. The summed E-state index contributed by atoms with van der Waals surface area (Å²) in [5, 5.41) is 7.04. The molecule has 0 spiro atoms. The SMILES string of the molecule is CCC(=O)OC1C=NN=C1. The lowest BCUT2D eigenvalue weighted by molar-refractivity contribution is -0.143. The summed E-state index contributed by atoms with van der Waals surface area (Å²) in [7, 11) is 0. The van der Waals surface area contributed by atoms with Crippen molar-refractivity contribution in [3.63, 3.8) is 0 Å². The minimum absolute atomic E-state index is 0.232. The third kappa shape index (κ3) is 1.65. The van der Waals surface area contributed by atoms with E-state index in [-0.39, 0.29) is 12.1 Å². The van der Waals surface area contributed by atoms with E-state index in [9.17, 15) is 4.79 Å². The first-order valence-corrected chi connectivity index (χ1v) is 3.09. The van der Waals surface area contributed by atoms with E-state index < -0.39 is 0 Å². The Balaban J connectivity index is 2.32. The van der Waals surface area contributed by atoms with E-state index in [1.54, 1.807) is 6.92 Å². The molecule has 0 atom stereocenters. The molecule has 1 aliphatic heterocycles. The molecule has 10 heavy (non-hydrogen) atoms. The van der Waals surface area contributed by atoms with Crippen LogP contribution in [0.5, 0.6) is 0 Å². The van der Waals surface area contributed by atoms with Crippen LogP contribution < -0.4 is 0 Å². The molecular formula is C6H8N2O2. The highest BCUT2D eigenvalue weighted by Crippen LogP contribution is 1.95. The Bertz CT molecular complexity index is 174. The molecule has 1 aliphatic rings. The van der Waals surface area contributed by atoms with Crippen molar-refractivity contribution in [3.8, 4) is 0 Å². The van der Waals surface area contributed by atoms with E-state index in [1.165, 1.54) is 12.4 Å². The van der Waals surface area contributed by atoms with Gasteiger partial charge >= 0.3 is 5.97 Å². The maximum absolute atomic E-state index is 10.6. The number of nitrogens with zero attached hydrogens (tertiary/aromatic N) is 2. The predicted octanol–water partition coefficient (Wildman–Crippen LogP) is 0.378. The molecular weight excluding hydrogens is 132 g/mol. The molecule has 0 fully saturated rings. The summed E-state index contributed by atoms with van der Waals surface area (Å²) >= 11 is 0. The number of hydrogen-bond acceptors (Lipinski definition) is 4. The number of hydrogen-bond donors (Lipinski definition) is 0. The van der Waals surface area contributed by atoms with Crippen molar-refractivity contribution in [1.82, 2.24) is 0 Å². The molecule has 0 aromatic carbocycles. The van der Waals surface area contributed by atoms with E-state index in [2.05, 4.69) is 10.2 Å². The largest absolute Gasteiger partial charge is 0.450 e. The number of carbonyl (C=O) groups is 1. The van der Waals surface area contributed by atoms with E-state index >= 15 is 0 Å². The molecule has 0 bridgehead atoms. The van der Waals surface area contributed by atoms with Gasteiger partial charge in [-0.2, -0.15) is 10.2 Å². The van der Waals surface area contributed by atoms with Crippen LogP contribution in [0.25, 0.3) is 0 Å². The zero-order chi connectivity index (χ0) is 7.40. The normalized spacial score (nSPS) is 16.1. The van der Waals surface area contributed by atoms with Crippen LogP contribution in [0.2, 0.25) is 0 Å². The molecule has 1 rings (SSSR count). The topological polar surface area (TPSA) is 51.0 Å². The Labute approximate surface area is 58.6 Å². The average molecular weight is 140 g/mol. The summed E-state index contributed by atoms with van der Waals surface area (Å²) in [5.74, 6) is -0.232. The molecule has 1 heterocycles. The fraction of sp³-hybridized carbons (Fsp3) is 0.500. The summed E-state index contributed by atoms with van der Waals surface area (Å²) in [6, 6.07) is 0. The number of esters is 1. The van der Waals surface area contributed by atoms with Gasteiger partial charge in [-0.15, -0.1) is 0 Å². The summed E-state index contributed by atoms with van der Waals surface area (Å²) in [4.78, 5) is 10.6. The maximum Gasteiger partial charge on any atom is 0.306 e. The fourth-order valence-corrected chi connectivity index (χ4v) is 0.543. The zero-order valence-electron chi connectivity index (χ0n) is 5.65. The molecule has 0 saturated heterocycles. The van der Waals surface area contributed by atoms with Crippen molar-refractivity contribution in [3.05, 3.63) is 0 Å². The van der Waals surface area contributed by atoms with Gasteiger partial charge in [0.25, 0.3) is 0 Å². The molecule has 0 aliphatic carbocycles. The lowest BCUT2D eigenvalue weighted by Crippen LogP contribution is -2.17. The Hall–Kier alpha value is -1.19. The minimum atomic E-state index is -0.340. The van der Waals surface area contributed by atoms with Gasteiger partial charge in [-0.25, -0.2) is 0 Å². The van der Waals surface area contributed by atoms with Crippen LogP contribution in [-0.4, -0.2) is 24.5 Å². The van der Waals surface area contributed by atoms with Gasteiger partial charge in [-0.3, -0.25) is 4.79 Å². The predicted molar refractivity (Wildman–Crippen MR) is 37.2 cm³/mol. The van der Waals surface area contributed by atoms with Gasteiger partial charge in [-0.1, -0.05) is 6.92 Å². The van der Waals surface area contributed by atoms with Crippen molar-refractivity contribution >= 4 is 18.4 Å². The summed E-state index contributed by atoms with van der Waals surface area (Å²) in [6.07, 6.45) is 3.01. The third-order valence-electron chi connectivity index (χ3n) is 1.05. The van der Waals surface area contributed by atoms with Crippen molar-refractivity contribution in [2.45, 2.75) is 19.4 Å². The maximum atomic E-state index is 10.6. The van der Waals surface area contributed by atoms with Gasteiger partial charge in [0, 0.05) is 6.42 Å². The number of ether oxygens (including phenoxy) is 1. The second-order valence-electron chi connectivity index (χ2n) is 1.84. The highest BCUT2D eigenvalue weighted by Gasteiger charge is 2.10. The van der Waals surface area contributed by atoms with E-state index in [0.29, 0.717) is 6.42 Å². The quantitative estimate of drug-likeness (QED) is 0.520. The fourth-order valence-electron chi connectivity index (χ4n) is 0.543. The van der Waals surface area contributed by atoms with E-state index in [0.717, 1.165) is 0 Å². The van der Waals surface area contributed by atoms with Crippen LogP contribution in [-0.2, 0) is 9.53 Å². The molecule has 0 saturated carbocycles. The van der Waals surface area contributed by atoms with Crippen LogP contribution in [0, 0.1) is 0 Å². The Kier molecular flexibility index (Phi) is 2.15. The molecule has 4 heteroatoms. The van der Waals surface area contributed by atoms with Crippen LogP contribution in [0.3, 0.4) is 0 Å². The number of rotatable bonds is 2. The van der Waals surface area contributed by atoms with Crippen molar-refractivity contribution < 1.29 is 9.53 Å². The summed E-state index contributed by atoms with van der Waals surface area (Å²) in [5.41, 5.74) is 0. The lowest BCUT2D eigenvalue weighted by Gasteiger charge is -2.02. The first-order chi connectivity index (χ1) is 4.83. The first kappa shape index (κ1) is 6.92. The van der Waals surface area contributed by atoms with Crippen LogP contribution in [0.4, 0.5) is 0 Å². The average Bonchev–Trinajstić information content (AvgIpc) is 2.40. The van der Waals surface area contributed by atoms with Gasteiger partial charge < -0.3 is 4.74 Å². The molecule has 0 amide bonds. The smallest absolute Gasteiger partial charge is 0.306 e. The Morgan fingerprint density at radius 2 is 2.20 bits per heavy atom. The Morgan fingerprint density at radius 1 is 1.60 bits per heavy atom. The van der Waals surface area contributed by atoms with E-state index in [4.69, 9.17) is 4.74 Å². The lowest BCUT2D eigenvalue weighted by atomic mass is 10.4. The molecule has 4 nitrogen and oxygen atoms in total. The molecule has 0 unspecified atom stereocenters. The monoisotopic (exact) mass is 140 g/mol. The Morgan fingerprint density at radius 3 is 2.70 bits per heavy atom. The van der Waals surface area contributed by atoms with Gasteiger partial charge in [0.2, 0.25) is 0 Å². The summed E-state index contributed by atoms with van der Waals surface area (Å²) < 4.78 is 4.82. The first-order valence-electron chi connectivity index (χ1n) is 3.09. The second-order valence-corrected chi connectivity index (χ2v) is 1.84. The van der Waals surface area contributed by atoms with Gasteiger partial charge in [0.1, 0.15) is 0 Å². The standard InChI is InChI=1S/C6H8N2O2/c1-2-6(9)10-5-3-7-8-4-5/h3-5H,2H2,1H3. The van der Waals surface area contributed by atoms with Crippen molar-refractivity contribution in [2.24, 2.45) is 10.2 Å². The molecule has 54 valence electrons. The van der Waals surface area contributed by atoms with Gasteiger partial charge in [0.15, 0.2) is 6.10 Å². The minimum Gasteiger partial charge on any atom is -0.450 e. The molecule has 0 N–H and O–H groups in total. The van der Waals surface area contributed by atoms with Crippen molar-refractivity contribution in [2.75, 3.05) is 0 Å². The van der Waals surface area contributed by atoms with Crippen LogP contribution >= 0.6 is 0 Å². The molecule has 0 aromatic rings. The van der Waals surface area contributed by atoms with Crippen LogP contribution in [0.15, 0.2) is 10.2 Å². The van der Waals surface area contributed by atoms with Crippen molar-refractivity contribution in [1.29, 1.82) is 0 Å². The molecule has 0 aromatic heterocycles. The van der Waals surface area contributed by atoms with Crippen LogP contribution in [0.1, 0.15) is 13.3 Å². The summed E-state index contributed by atoms with van der Waals surface area (Å²) in [6.45, 7) is 1.74. The number of carbonyl (C=O) groups excluding carboxylic acids is 1. The zero-order valence-corrected chi connectivity index (χ0v) is 5.65. The van der Waals surface area contributed by atoms with Gasteiger partial charge in [-0.05, 0) is 0 Å². The molecule has 0 radical (unpaired) electrons.